The maximum atomic E-state index is 5.74. The van der Waals surface area contributed by atoms with E-state index < -0.39 is 0 Å². The Morgan fingerprint density at radius 1 is 1.20 bits per heavy atom. The molecule has 1 aliphatic rings. The van der Waals surface area contributed by atoms with Gasteiger partial charge in [0.05, 0.1) is 0 Å². The van der Waals surface area contributed by atoms with Gasteiger partial charge in [-0.15, -0.1) is 0 Å². The summed E-state index contributed by atoms with van der Waals surface area (Å²) in [6, 6.07) is 11.6. The van der Waals surface area contributed by atoms with Crippen LogP contribution in [0.15, 0.2) is 30.3 Å². The van der Waals surface area contributed by atoms with Gasteiger partial charge in [0.15, 0.2) is 0 Å². The minimum Gasteiger partial charge on any atom is -0.381 e. The summed E-state index contributed by atoms with van der Waals surface area (Å²) in [5.41, 5.74) is 1.45. The quantitative estimate of drug-likeness (QED) is 0.620. The summed E-state index contributed by atoms with van der Waals surface area (Å²) < 4.78 is 5.74. The summed E-state index contributed by atoms with van der Waals surface area (Å²) in [5.74, 6) is 0.694. The van der Waals surface area contributed by atoms with Gasteiger partial charge < -0.3 is 10.1 Å². The van der Waals surface area contributed by atoms with E-state index >= 15 is 0 Å². The van der Waals surface area contributed by atoms with Crippen LogP contribution in [0.1, 0.15) is 44.6 Å². The second-order valence-electron chi connectivity index (χ2n) is 5.99. The van der Waals surface area contributed by atoms with Gasteiger partial charge in [-0.2, -0.15) is 0 Å². The Kier molecular flexibility index (Phi) is 7.10. The Morgan fingerprint density at radius 2 is 2.00 bits per heavy atom. The Hall–Kier alpha value is -0.860. The molecule has 1 atom stereocenters. The van der Waals surface area contributed by atoms with E-state index in [9.17, 15) is 0 Å². The lowest BCUT2D eigenvalue weighted by Gasteiger charge is -2.18. The van der Waals surface area contributed by atoms with Crippen molar-refractivity contribution in [3.05, 3.63) is 35.9 Å². The number of unbranched alkanes of at least 4 members (excludes halogenated alkanes) is 1. The molecule has 2 heteroatoms. The van der Waals surface area contributed by atoms with Crippen LogP contribution in [0, 0.1) is 5.92 Å². The van der Waals surface area contributed by atoms with Crippen LogP contribution in [0.3, 0.4) is 0 Å². The van der Waals surface area contributed by atoms with Crippen LogP contribution in [0.5, 0.6) is 0 Å². The van der Waals surface area contributed by atoms with Gasteiger partial charge in [-0.1, -0.05) is 43.7 Å². The smallest absolute Gasteiger partial charge is 0.0469 e. The highest BCUT2D eigenvalue weighted by molar-refractivity contribution is 5.15. The minimum absolute atomic E-state index is 0.694. The van der Waals surface area contributed by atoms with E-state index in [1.54, 1.807) is 0 Å². The van der Waals surface area contributed by atoms with Crippen LogP contribution >= 0.6 is 0 Å². The Balaban J connectivity index is 1.71. The average molecular weight is 275 g/mol. The Bertz CT molecular complexity index is 348. The Morgan fingerprint density at radius 3 is 2.70 bits per heavy atom. The van der Waals surface area contributed by atoms with Crippen molar-refractivity contribution >= 4 is 0 Å². The van der Waals surface area contributed by atoms with Crippen molar-refractivity contribution in [2.75, 3.05) is 19.8 Å². The summed E-state index contributed by atoms with van der Waals surface area (Å²) in [4.78, 5) is 0. The van der Waals surface area contributed by atoms with Crippen molar-refractivity contribution in [1.82, 2.24) is 5.32 Å². The van der Waals surface area contributed by atoms with E-state index in [1.807, 2.05) is 0 Å². The van der Waals surface area contributed by atoms with Crippen molar-refractivity contribution in [2.24, 2.45) is 5.92 Å². The van der Waals surface area contributed by atoms with Crippen molar-refractivity contribution in [3.63, 3.8) is 0 Å². The fourth-order valence-electron chi connectivity index (χ4n) is 2.44. The van der Waals surface area contributed by atoms with Crippen molar-refractivity contribution in [2.45, 2.75) is 51.5 Å². The summed E-state index contributed by atoms with van der Waals surface area (Å²) >= 11 is 0. The molecule has 2 nitrogen and oxygen atoms in total. The van der Waals surface area contributed by atoms with Crippen LogP contribution in [-0.2, 0) is 11.2 Å². The summed E-state index contributed by atoms with van der Waals surface area (Å²) in [6.07, 6.45) is 7.46. The molecule has 0 saturated heterocycles. The molecule has 0 spiro atoms. The summed E-state index contributed by atoms with van der Waals surface area (Å²) in [5, 5.41) is 3.67. The van der Waals surface area contributed by atoms with E-state index in [0.29, 0.717) is 5.92 Å². The van der Waals surface area contributed by atoms with Crippen molar-refractivity contribution in [3.8, 4) is 0 Å². The molecule has 1 unspecified atom stereocenters. The van der Waals surface area contributed by atoms with Crippen LogP contribution in [0.2, 0.25) is 0 Å². The zero-order chi connectivity index (χ0) is 14.0. The minimum atomic E-state index is 0.694. The first-order valence-electron chi connectivity index (χ1n) is 8.23. The lowest BCUT2D eigenvalue weighted by molar-refractivity contribution is 0.117. The highest BCUT2D eigenvalue weighted by atomic mass is 16.5. The molecule has 1 fully saturated rings. The molecule has 20 heavy (non-hydrogen) atoms. The van der Waals surface area contributed by atoms with Gasteiger partial charge in [-0.05, 0) is 50.1 Å². The van der Waals surface area contributed by atoms with Crippen molar-refractivity contribution < 1.29 is 4.74 Å². The zero-order valence-corrected chi connectivity index (χ0v) is 12.8. The van der Waals surface area contributed by atoms with Crippen molar-refractivity contribution in [1.29, 1.82) is 0 Å². The third-order valence-corrected chi connectivity index (χ3v) is 3.95. The van der Waals surface area contributed by atoms with Gasteiger partial charge in [0.1, 0.15) is 0 Å². The van der Waals surface area contributed by atoms with E-state index in [-0.39, 0.29) is 0 Å². The van der Waals surface area contributed by atoms with Crippen LogP contribution < -0.4 is 5.32 Å². The highest BCUT2D eigenvalue weighted by Gasteiger charge is 2.21. The van der Waals surface area contributed by atoms with Gasteiger partial charge in [0, 0.05) is 19.3 Å². The molecule has 1 aliphatic carbocycles. The molecule has 2 rings (SSSR count). The lowest BCUT2D eigenvalue weighted by atomic mass is 9.96. The van der Waals surface area contributed by atoms with Crippen LogP contribution in [0.4, 0.5) is 0 Å². The summed E-state index contributed by atoms with van der Waals surface area (Å²) in [7, 11) is 0. The molecule has 0 bridgehead atoms. The fourth-order valence-corrected chi connectivity index (χ4v) is 2.44. The first-order valence-corrected chi connectivity index (χ1v) is 8.23. The van der Waals surface area contributed by atoms with E-state index in [4.69, 9.17) is 4.74 Å². The fraction of sp³-hybridized carbons (Fsp3) is 0.667. The second kappa shape index (κ2) is 9.15. The molecule has 0 heterocycles. The van der Waals surface area contributed by atoms with E-state index in [0.717, 1.165) is 32.2 Å². The van der Waals surface area contributed by atoms with E-state index in [1.165, 1.54) is 37.7 Å². The number of ether oxygens (including phenoxy) is 1. The molecule has 0 aromatic heterocycles. The molecule has 1 saturated carbocycles. The number of rotatable bonds is 11. The van der Waals surface area contributed by atoms with Crippen LogP contribution in [0.25, 0.3) is 0 Å². The van der Waals surface area contributed by atoms with E-state index in [2.05, 4.69) is 42.6 Å². The molecule has 1 aromatic rings. The third-order valence-electron chi connectivity index (χ3n) is 3.95. The summed E-state index contributed by atoms with van der Waals surface area (Å²) in [6.45, 7) is 5.17. The number of hydrogen-bond donors (Lipinski definition) is 1. The standard InChI is InChI=1S/C18H29NO/c1-2-3-12-20-13-11-17(15-19-18-9-10-18)14-16-7-5-4-6-8-16/h4-8,17-19H,2-3,9-15H2,1H3. The third kappa shape index (κ3) is 6.53. The number of hydrogen-bond acceptors (Lipinski definition) is 2. The topological polar surface area (TPSA) is 21.3 Å². The predicted molar refractivity (Wildman–Crippen MR) is 85.0 cm³/mol. The highest BCUT2D eigenvalue weighted by Crippen LogP contribution is 2.20. The monoisotopic (exact) mass is 275 g/mol. The first kappa shape index (κ1) is 15.5. The molecule has 0 radical (unpaired) electrons. The number of benzene rings is 1. The normalized spacial score (nSPS) is 16.2. The largest absolute Gasteiger partial charge is 0.381 e. The molecule has 1 aromatic carbocycles. The average Bonchev–Trinajstić information content (AvgIpc) is 3.29. The number of nitrogens with one attached hydrogen (secondary N) is 1. The zero-order valence-electron chi connectivity index (χ0n) is 12.8. The SMILES string of the molecule is CCCCOCCC(CNC1CC1)Cc1ccccc1. The first-order chi connectivity index (χ1) is 9.88. The van der Waals surface area contributed by atoms with Gasteiger partial charge in [0.25, 0.3) is 0 Å². The molecule has 0 aliphatic heterocycles. The molecule has 0 amide bonds. The molecular formula is C18H29NO. The molecule has 112 valence electrons. The van der Waals surface area contributed by atoms with Gasteiger partial charge in [-0.25, -0.2) is 0 Å². The molecular weight excluding hydrogens is 246 g/mol. The predicted octanol–water partition coefficient (Wildman–Crippen LogP) is 3.80. The van der Waals surface area contributed by atoms with Gasteiger partial charge in [0.2, 0.25) is 0 Å². The Labute approximate surface area is 123 Å². The molecule has 1 N–H and O–H groups in total. The van der Waals surface area contributed by atoms with Gasteiger partial charge in [-0.3, -0.25) is 0 Å². The van der Waals surface area contributed by atoms with Crippen LogP contribution in [-0.4, -0.2) is 25.8 Å². The lowest BCUT2D eigenvalue weighted by Crippen LogP contribution is -2.27. The maximum absolute atomic E-state index is 5.74. The second-order valence-corrected chi connectivity index (χ2v) is 5.99. The van der Waals surface area contributed by atoms with Gasteiger partial charge >= 0.3 is 0 Å². The maximum Gasteiger partial charge on any atom is 0.0469 e.